The Morgan fingerprint density at radius 3 is 2.50 bits per heavy atom. The number of alkyl halides is 2. The molecule has 0 saturated heterocycles. The van der Waals surface area contributed by atoms with E-state index in [0.29, 0.717) is 0 Å². The molecule has 0 aliphatic rings. The lowest BCUT2D eigenvalue weighted by atomic mass is 10.2. The Balaban J connectivity index is 3.32. The van der Waals surface area contributed by atoms with Gasteiger partial charge in [-0.2, -0.15) is 0 Å². The van der Waals surface area contributed by atoms with E-state index in [9.17, 15) is 4.79 Å². The maximum Gasteiger partial charge on any atom is 0.147 e. The third-order valence-electron chi connectivity index (χ3n) is 0.804. The van der Waals surface area contributed by atoms with Gasteiger partial charge in [0.2, 0.25) is 0 Å². The Kier molecular flexibility index (Phi) is 4.57. The summed E-state index contributed by atoms with van der Waals surface area (Å²) >= 11 is 8.72. The van der Waals surface area contributed by atoms with Crippen molar-refractivity contribution in [2.45, 2.75) is 18.7 Å². The highest BCUT2D eigenvalue weighted by Crippen LogP contribution is 2.04. The lowest BCUT2D eigenvalue weighted by Gasteiger charge is -1.98. The summed E-state index contributed by atoms with van der Waals surface area (Å²) < 4.78 is 0. The zero-order chi connectivity index (χ0) is 6.57. The molecule has 0 fully saturated rings. The minimum atomic E-state index is -0.297. The molecule has 0 aromatic carbocycles. The summed E-state index contributed by atoms with van der Waals surface area (Å²) in [6.45, 7) is 1.50. The van der Waals surface area contributed by atoms with Gasteiger partial charge in [-0.3, -0.25) is 4.79 Å². The zero-order valence-corrected chi connectivity index (χ0v) is 7.00. The molecule has 0 N–H and O–H groups in total. The predicted molar refractivity (Wildman–Crippen MR) is 38.7 cm³/mol. The van der Waals surface area contributed by atoms with Gasteiger partial charge in [0.05, 0.1) is 5.38 Å². The highest BCUT2D eigenvalue weighted by atomic mass is 79.9. The van der Waals surface area contributed by atoms with E-state index in [1.54, 1.807) is 0 Å². The third-order valence-corrected chi connectivity index (χ3v) is 1.79. The SMILES string of the molecule is CC(=O)C(Cl)CCBr. The molecule has 0 spiro atoms. The first-order valence-electron chi connectivity index (χ1n) is 2.39. The van der Waals surface area contributed by atoms with Gasteiger partial charge in [0.1, 0.15) is 5.78 Å². The van der Waals surface area contributed by atoms with E-state index in [-0.39, 0.29) is 11.2 Å². The van der Waals surface area contributed by atoms with Crippen LogP contribution in [0, 0.1) is 0 Å². The van der Waals surface area contributed by atoms with E-state index < -0.39 is 0 Å². The van der Waals surface area contributed by atoms with Crippen LogP contribution in [-0.4, -0.2) is 16.5 Å². The van der Waals surface area contributed by atoms with E-state index in [1.807, 2.05) is 0 Å². The summed E-state index contributed by atoms with van der Waals surface area (Å²) in [5.41, 5.74) is 0. The number of hydrogen-bond donors (Lipinski definition) is 0. The van der Waals surface area contributed by atoms with Crippen LogP contribution in [0.1, 0.15) is 13.3 Å². The fourth-order valence-corrected chi connectivity index (χ4v) is 1.13. The van der Waals surface area contributed by atoms with Gasteiger partial charge in [0, 0.05) is 5.33 Å². The number of Topliss-reactive ketones (excluding diaryl/α,β-unsaturated/α-hetero) is 1. The molecule has 0 aliphatic carbocycles. The molecule has 0 saturated carbocycles. The van der Waals surface area contributed by atoms with Crippen LogP contribution in [0.2, 0.25) is 0 Å². The van der Waals surface area contributed by atoms with Crippen LogP contribution in [0.4, 0.5) is 0 Å². The summed E-state index contributed by atoms with van der Waals surface area (Å²) in [4.78, 5) is 10.4. The van der Waals surface area contributed by atoms with Gasteiger partial charge in [-0.05, 0) is 13.3 Å². The molecule has 8 heavy (non-hydrogen) atoms. The highest BCUT2D eigenvalue weighted by molar-refractivity contribution is 9.09. The normalized spacial score (nSPS) is 13.4. The predicted octanol–water partition coefficient (Wildman–Crippen LogP) is 1.97. The molecule has 0 heterocycles. The van der Waals surface area contributed by atoms with E-state index in [2.05, 4.69) is 15.9 Å². The topological polar surface area (TPSA) is 17.1 Å². The molecule has 0 bridgehead atoms. The maximum absolute atomic E-state index is 10.4. The maximum atomic E-state index is 10.4. The van der Waals surface area contributed by atoms with E-state index in [4.69, 9.17) is 11.6 Å². The first-order chi connectivity index (χ1) is 3.68. The smallest absolute Gasteiger partial charge is 0.147 e. The van der Waals surface area contributed by atoms with Crippen LogP contribution in [0.25, 0.3) is 0 Å². The fourth-order valence-electron chi connectivity index (χ4n) is 0.299. The standard InChI is InChI=1S/C5H8BrClO/c1-4(8)5(7)2-3-6/h5H,2-3H2,1H3. The van der Waals surface area contributed by atoms with Crippen molar-refractivity contribution in [2.75, 3.05) is 5.33 Å². The molecule has 0 aliphatic heterocycles. The number of rotatable bonds is 3. The van der Waals surface area contributed by atoms with Gasteiger partial charge in [-0.1, -0.05) is 15.9 Å². The van der Waals surface area contributed by atoms with Crippen LogP contribution in [0.5, 0.6) is 0 Å². The average molecular weight is 199 g/mol. The molecule has 48 valence electrons. The highest BCUT2D eigenvalue weighted by Gasteiger charge is 2.06. The molecule has 0 amide bonds. The molecular formula is C5H8BrClO. The zero-order valence-electron chi connectivity index (χ0n) is 4.66. The quantitative estimate of drug-likeness (QED) is 0.635. The Bertz CT molecular complexity index is 84.5. The minimum Gasteiger partial charge on any atom is -0.298 e. The molecule has 0 rings (SSSR count). The second-order valence-corrected chi connectivity index (χ2v) is 2.88. The van der Waals surface area contributed by atoms with Gasteiger partial charge in [-0.25, -0.2) is 0 Å². The van der Waals surface area contributed by atoms with Crippen molar-refractivity contribution in [2.24, 2.45) is 0 Å². The van der Waals surface area contributed by atoms with Gasteiger partial charge in [0.25, 0.3) is 0 Å². The van der Waals surface area contributed by atoms with E-state index in [0.717, 1.165) is 11.8 Å². The number of ketones is 1. The van der Waals surface area contributed by atoms with Crippen LogP contribution < -0.4 is 0 Å². The van der Waals surface area contributed by atoms with Crippen LogP contribution in [0.15, 0.2) is 0 Å². The molecule has 1 nitrogen and oxygen atoms in total. The van der Waals surface area contributed by atoms with E-state index >= 15 is 0 Å². The Morgan fingerprint density at radius 2 is 2.38 bits per heavy atom. The van der Waals surface area contributed by atoms with E-state index in [1.165, 1.54) is 6.92 Å². The second kappa shape index (κ2) is 4.33. The molecule has 1 unspecified atom stereocenters. The largest absolute Gasteiger partial charge is 0.298 e. The second-order valence-electron chi connectivity index (χ2n) is 1.56. The summed E-state index contributed by atoms with van der Waals surface area (Å²) in [5, 5.41) is 0.496. The van der Waals surface area contributed by atoms with Gasteiger partial charge in [0.15, 0.2) is 0 Å². The van der Waals surface area contributed by atoms with Crippen molar-refractivity contribution in [3.8, 4) is 0 Å². The molecule has 0 radical (unpaired) electrons. The van der Waals surface area contributed by atoms with Crippen molar-refractivity contribution in [3.05, 3.63) is 0 Å². The van der Waals surface area contributed by atoms with Crippen molar-refractivity contribution < 1.29 is 4.79 Å². The van der Waals surface area contributed by atoms with Gasteiger partial charge >= 0.3 is 0 Å². The van der Waals surface area contributed by atoms with Crippen molar-refractivity contribution in [1.82, 2.24) is 0 Å². The fraction of sp³-hybridized carbons (Fsp3) is 0.800. The van der Waals surface area contributed by atoms with Gasteiger partial charge in [-0.15, -0.1) is 11.6 Å². The average Bonchev–Trinajstić information content (AvgIpc) is 1.67. The third kappa shape index (κ3) is 3.44. The summed E-state index contributed by atoms with van der Waals surface area (Å²) in [6.07, 6.45) is 0.719. The molecule has 1 atom stereocenters. The van der Waals surface area contributed by atoms with Crippen molar-refractivity contribution >= 4 is 33.3 Å². The molecular weight excluding hydrogens is 191 g/mol. The summed E-state index contributed by atoms with van der Waals surface area (Å²) in [6, 6.07) is 0. The van der Waals surface area contributed by atoms with Crippen LogP contribution in [-0.2, 0) is 4.79 Å². The first kappa shape index (κ1) is 8.44. The van der Waals surface area contributed by atoms with Gasteiger partial charge < -0.3 is 0 Å². The van der Waals surface area contributed by atoms with Crippen molar-refractivity contribution in [1.29, 1.82) is 0 Å². The van der Waals surface area contributed by atoms with Crippen LogP contribution >= 0.6 is 27.5 Å². The Labute approximate surface area is 62.5 Å². The Hall–Kier alpha value is 0.440. The lowest BCUT2D eigenvalue weighted by molar-refractivity contribution is -0.116. The number of carbonyl (C=O) groups is 1. The summed E-state index contributed by atoms with van der Waals surface area (Å²) in [7, 11) is 0. The number of hydrogen-bond acceptors (Lipinski definition) is 1. The van der Waals surface area contributed by atoms with Crippen molar-refractivity contribution in [3.63, 3.8) is 0 Å². The monoisotopic (exact) mass is 198 g/mol. The number of carbonyl (C=O) groups excluding carboxylic acids is 1. The Morgan fingerprint density at radius 1 is 1.88 bits per heavy atom. The molecule has 3 heteroatoms. The number of halogens is 2. The summed E-state index contributed by atoms with van der Waals surface area (Å²) in [5.74, 6) is 0.0473. The van der Waals surface area contributed by atoms with Crippen LogP contribution in [0.3, 0.4) is 0 Å². The lowest BCUT2D eigenvalue weighted by Crippen LogP contribution is -2.09. The first-order valence-corrected chi connectivity index (χ1v) is 3.94. The molecule has 0 aromatic rings. The molecule has 0 aromatic heterocycles. The minimum absolute atomic E-state index is 0.0473.